The molecule has 0 spiro atoms. The van der Waals surface area contributed by atoms with Crippen LogP contribution in [0.3, 0.4) is 0 Å². The zero-order valence-corrected chi connectivity index (χ0v) is 15.0. The molecule has 1 atom stereocenters. The van der Waals surface area contributed by atoms with E-state index in [4.69, 9.17) is 0 Å². The third-order valence-electron chi connectivity index (χ3n) is 4.93. The molecule has 0 saturated heterocycles. The van der Waals surface area contributed by atoms with Gasteiger partial charge in [0.1, 0.15) is 5.82 Å². The predicted molar refractivity (Wildman–Crippen MR) is 104 cm³/mol. The topological polar surface area (TPSA) is 46.0 Å². The van der Waals surface area contributed by atoms with Crippen LogP contribution in [0.15, 0.2) is 67.3 Å². The van der Waals surface area contributed by atoms with Crippen molar-refractivity contribution >= 4 is 5.82 Å². The first-order chi connectivity index (χ1) is 12.9. The van der Waals surface area contributed by atoms with E-state index in [-0.39, 0.29) is 0 Å². The number of nitrogens with zero attached hydrogens (tertiary/aromatic N) is 4. The minimum atomic E-state index is 0.608. The van der Waals surface area contributed by atoms with E-state index < -0.39 is 0 Å². The summed E-state index contributed by atoms with van der Waals surface area (Å²) in [5, 5.41) is 3.45. The standard InChI is InChI=1S/C21H25N5/c1-2-10-23-21(7-1)24-11-8-19-15-25(14-18-5-3-9-22-13-18)17-20-6-4-12-26(20)16-19/h1-7,9-10,12-13,19H,8,11,14-17H2,(H,23,24)/t19-/m0/s1. The van der Waals surface area contributed by atoms with E-state index in [1.54, 1.807) is 0 Å². The Morgan fingerprint density at radius 1 is 1.04 bits per heavy atom. The van der Waals surface area contributed by atoms with Crippen LogP contribution in [0.5, 0.6) is 0 Å². The third-order valence-corrected chi connectivity index (χ3v) is 4.93. The number of fused-ring (bicyclic) bond motifs is 1. The lowest BCUT2D eigenvalue weighted by Crippen LogP contribution is -2.28. The zero-order valence-electron chi connectivity index (χ0n) is 15.0. The van der Waals surface area contributed by atoms with Crippen molar-refractivity contribution in [3.63, 3.8) is 0 Å². The first-order valence-corrected chi connectivity index (χ1v) is 9.27. The van der Waals surface area contributed by atoms with Gasteiger partial charge in [0.25, 0.3) is 0 Å². The average Bonchev–Trinajstić information content (AvgIpc) is 3.03. The van der Waals surface area contributed by atoms with Crippen molar-refractivity contribution in [1.82, 2.24) is 19.4 Å². The highest BCUT2D eigenvalue weighted by Gasteiger charge is 2.21. The average molecular weight is 347 g/mol. The highest BCUT2D eigenvalue weighted by Crippen LogP contribution is 2.21. The van der Waals surface area contributed by atoms with E-state index in [0.717, 1.165) is 45.0 Å². The van der Waals surface area contributed by atoms with Crippen LogP contribution in [0.1, 0.15) is 17.7 Å². The van der Waals surface area contributed by atoms with Gasteiger partial charge in [0.05, 0.1) is 0 Å². The fraction of sp³-hybridized carbons (Fsp3) is 0.333. The molecule has 5 nitrogen and oxygen atoms in total. The normalized spacial score (nSPS) is 17.5. The molecule has 1 N–H and O–H groups in total. The van der Waals surface area contributed by atoms with Crippen LogP contribution in [-0.2, 0) is 19.6 Å². The second kappa shape index (κ2) is 8.15. The Morgan fingerprint density at radius 3 is 2.88 bits per heavy atom. The second-order valence-corrected chi connectivity index (χ2v) is 6.98. The fourth-order valence-electron chi connectivity index (χ4n) is 3.69. The highest BCUT2D eigenvalue weighted by molar-refractivity contribution is 5.32. The quantitative estimate of drug-likeness (QED) is 0.742. The lowest BCUT2D eigenvalue weighted by Gasteiger charge is -2.24. The molecule has 0 unspecified atom stereocenters. The number of aromatic nitrogens is 3. The molecular weight excluding hydrogens is 322 g/mol. The minimum absolute atomic E-state index is 0.608. The molecule has 0 aromatic carbocycles. The molecule has 5 heteroatoms. The van der Waals surface area contributed by atoms with Crippen molar-refractivity contribution in [2.75, 3.05) is 18.4 Å². The summed E-state index contributed by atoms with van der Waals surface area (Å²) in [5.41, 5.74) is 2.67. The lowest BCUT2D eigenvalue weighted by molar-refractivity contribution is 0.217. The monoisotopic (exact) mass is 347 g/mol. The maximum atomic E-state index is 4.34. The Bertz CT molecular complexity index is 800. The van der Waals surface area contributed by atoms with Gasteiger partial charge in [0.2, 0.25) is 0 Å². The Morgan fingerprint density at radius 2 is 2.04 bits per heavy atom. The van der Waals surface area contributed by atoms with Gasteiger partial charge >= 0.3 is 0 Å². The summed E-state index contributed by atoms with van der Waals surface area (Å²) >= 11 is 0. The SMILES string of the molecule is c1ccc(NCC[C@H]2CN(Cc3cccnc3)Cc3cccn3C2)nc1. The van der Waals surface area contributed by atoms with E-state index in [9.17, 15) is 0 Å². The van der Waals surface area contributed by atoms with E-state index in [1.807, 2.05) is 42.9 Å². The summed E-state index contributed by atoms with van der Waals surface area (Å²) in [4.78, 5) is 11.1. The fourth-order valence-corrected chi connectivity index (χ4v) is 3.69. The van der Waals surface area contributed by atoms with Gasteiger partial charge in [-0.05, 0) is 48.2 Å². The molecule has 4 rings (SSSR count). The van der Waals surface area contributed by atoms with Crippen molar-refractivity contribution in [2.45, 2.75) is 26.1 Å². The van der Waals surface area contributed by atoms with Crippen LogP contribution in [0, 0.1) is 5.92 Å². The number of pyridine rings is 2. The minimum Gasteiger partial charge on any atom is -0.370 e. The summed E-state index contributed by atoms with van der Waals surface area (Å²) in [6.45, 7) is 5.06. The summed E-state index contributed by atoms with van der Waals surface area (Å²) in [6, 6.07) is 14.6. The molecule has 0 saturated carbocycles. The summed E-state index contributed by atoms with van der Waals surface area (Å²) in [6.07, 6.45) is 8.97. The van der Waals surface area contributed by atoms with Crippen LogP contribution in [-0.4, -0.2) is 32.5 Å². The van der Waals surface area contributed by atoms with Gasteiger partial charge in [-0.2, -0.15) is 0 Å². The van der Waals surface area contributed by atoms with Crippen LogP contribution >= 0.6 is 0 Å². The van der Waals surface area contributed by atoms with Gasteiger partial charge < -0.3 is 9.88 Å². The maximum absolute atomic E-state index is 4.34. The van der Waals surface area contributed by atoms with Crippen molar-refractivity contribution in [2.24, 2.45) is 5.92 Å². The second-order valence-electron chi connectivity index (χ2n) is 6.98. The van der Waals surface area contributed by atoms with Crippen molar-refractivity contribution in [3.8, 4) is 0 Å². The molecule has 1 aliphatic heterocycles. The molecule has 0 aliphatic carbocycles. The molecule has 134 valence electrons. The van der Waals surface area contributed by atoms with E-state index in [1.165, 1.54) is 11.3 Å². The lowest BCUT2D eigenvalue weighted by atomic mass is 10.0. The largest absolute Gasteiger partial charge is 0.370 e. The number of nitrogens with one attached hydrogen (secondary N) is 1. The number of anilines is 1. The Labute approximate surface area is 154 Å². The molecule has 0 bridgehead atoms. The number of hydrogen-bond donors (Lipinski definition) is 1. The summed E-state index contributed by atoms with van der Waals surface area (Å²) < 4.78 is 2.41. The van der Waals surface area contributed by atoms with E-state index in [2.05, 4.69) is 49.1 Å². The third kappa shape index (κ3) is 4.29. The molecule has 3 aromatic rings. The Balaban J connectivity index is 1.40. The molecular formula is C21H25N5. The zero-order chi connectivity index (χ0) is 17.6. The molecule has 4 heterocycles. The van der Waals surface area contributed by atoms with Gasteiger partial charge in [-0.1, -0.05) is 12.1 Å². The number of rotatable bonds is 6. The summed E-state index contributed by atoms with van der Waals surface area (Å²) in [7, 11) is 0. The van der Waals surface area contributed by atoms with Crippen LogP contribution in [0.4, 0.5) is 5.82 Å². The van der Waals surface area contributed by atoms with Crippen molar-refractivity contribution in [1.29, 1.82) is 0 Å². The molecule has 3 aromatic heterocycles. The van der Waals surface area contributed by atoms with Crippen LogP contribution in [0.25, 0.3) is 0 Å². The number of hydrogen-bond acceptors (Lipinski definition) is 4. The van der Waals surface area contributed by atoms with E-state index in [0.29, 0.717) is 5.92 Å². The molecule has 1 aliphatic rings. The van der Waals surface area contributed by atoms with Gasteiger partial charge in [-0.15, -0.1) is 0 Å². The Kier molecular flexibility index (Phi) is 5.26. The highest BCUT2D eigenvalue weighted by atomic mass is 15.2. The van der Waals surface area contributed by atoms with Crippen molar-refractivity contribution in [3.05, 3.63) is 78.5 Å². The predicted octanol–water partition coefficient (Wildman–Crippen LogP) is 3.41. The molecule has 0 fully saturated rings. The smallest absolute Gasteiger partial charge is 0.125 e. The first kappa shape index (κ1) is 16.8. The Hall–Kier alpha value is -2.66. The maximum Gasteiger partial charge on any atom is 0.125 e. The molecule has 0 radical (unpaired) electrons. The van der Waals surface area contributed by atoms with Gasteiger partial charge in [0, 0.05) is 63.2 Å². The van der Waals surface area contributed by atoms with Crippen LogP contribution in [0.2, 0.25) is 0 Å². The van der Waals surface area contributed by atoms with Gasteiger partial charge in [-0.3, -0.25) is 9.88 Å². The van der Waals surface area contributed by atoms with Crippen molar-refractivity contribution < 1.29 is 0 Å². The van der Waals surface area contributed by atoms with Gasteiger partial charge in [0.15, 0.2) is 0 Å². The molecule has 26 heavy (non-hydrogen) atoms. The molecule has 0 amide bonds. The van der Waals surface area contributed by atoms with E-state index >= 15 is 0 Å². The summed E-state index contributed by atoms with van der Waals surface area (Å²) in [5.74, 6) is 1.56. The van der Waals surface area contributed by atoms with Crippen LogP contribution < -0.4 is 5.32 Å². The van der Waals surface area contributed by atoms with Gasteiger partial charge in [-0.25, -0.2) is 4.98 Å². The first-order valence-electron chi connectivity index (χ1n) is 9.27.